The van der Waals surface area contributed by atoms with Crippen LogP contribution in [0.1, 0.15) is 53.9 Å². The Morgan fingerprint density at radius 2 is 1.56 bits per heavy atom. The number of hydrogen-bond acceptors (Lipinski definition) is 9. The van der Waals surface area contributed by atoms with Gasteiger partial charge in [-0.15, -0.1) is 0 Å². The minimum Gasteiger partial charge on any atom is -0.467 e. The topological polar surface area (TPSA) is 142 Å². The molecule has 0 bridgehead atoms. The molecule has 3 aliphatic rings. The predicted octanol–water partition coefficient (Wildman–Crippen LogP) is 5.06. The van der Waals surface area contributed by atoms with Gasteiger partial charge in [-0.05, 0) is 53.8 Å². The third kappa shape index (κ3) is 8.42. The highest BCUT2D eigenvalue weighted by Gasteiger charge is 2.50. The molecule has 4 N–H and O–H groups in total. The summed E-state index contributed by atoms with van der Waals surface area (Å²) in [4.78, 5) is 43.2. The van der Waals surface area contributed by atoms with Crippen molar-refractivity contribution in [1.29, 1.82) is 0 Å². The van der Waals surface area contributed by atoms with Crippen LogP contribution in [0.4, 0.5) is 16.2 Å². The van der Waals surface area contributed by atoms with Gasteiger partial charge in [0.1, 0.15) is 11.6 Å². The van der Waals surface area contributed by atoms with Gasteiger partial charge >= 0.3 is 12.0 Å². The maximum atomic E-state index is 13.2. The average molecular weight is 734 g/mol. The normalized spacial score (nSPS) is 21.6. The highest BCUT2D eigenvalue weighted by Crippen LogP contribution is 2.40. The van der Waals surface area contributed by atoms with Gasteiger partial charge in [0.2, 0.25) is 5.91 Å². The van der Waals surface area contributed by atoms with E-state index in [2.05, 4.69) is 37.9 Å². The predicted molar refractivity (Wildman–Crippen MR) is 203 cm³/mol. The molecule has 1 spiro atoms. The van der Waals surface area contributed by atoms with Gasteiger partial charge in [0, 0.05) is 49.4 Å². The van der Waals surface area contributed by atoms with E-state index in [1.807, 2.05) is 84.9 Å². The van der Waals surface area contributed by atoms with Crippen LogP contribution >= 0.6 is 0 Å². The van der Waals surface area contributed by atoms with Gasteiger partial charge in [-0.25, -0.2) is 9.59 Å². The molecule has 0 saturated carbocycles. The number of methoxy groups -OCH3 is 1. The zero-order chi connectivity index (χ0) is 37.5. The summed E-state index contributed by atoms with van der Waals surface area (Å²) in [5.41, 5.74) is 4.52. The third-order valence-electron chi connectivity index (χ3n) is 10.7. The van der Waals surface area contributed by atoms with Crippen LogP contribution < -0.4 is 20.9 Å². The van der Waals surface area contributed by atoms with Crippen molar-refractivity contribution >= 4 is 29.3 Å². The second-order valence-corrected chi connectivity index (χ2v) is 14.1. The Hall–Kier alpha value is -5.27. The lowest BCUT2D eigenvalue weighted by Crippen LogP contribution is -2.57. The first-order valence-electron chi connectivity index (χ1n) is 18.5. The number of hydrogen-bond donors (Lipinski definition) is 4. The van der Waals surface area contributed by atoms with Crippen molar-refractivity contribution in [2.75, 3.05) is 43.6 Å². The number of rotatable bonds is 11. The lowest BCUT2D eigenvalue weighted by molar-refractivity contribution is -0.253. The monoisotopic (exact) mass is 733 g/mol. The first-order valence-corrected chi connectivity index (χ1v) is 18.5. The number of urea groups is 1. The number of piperidine rings is 1. The number of carbonyl (C=O) groups excluding carboxylic acids is 3. The van der Waals surface area contributed by atoms with Gasteiger partial charge in [-0.3, -0.25) is 4.79 Å². The number of para-hydroxylation sites is 1. The summed E-state index contributed by atoms with van der Waals surface area (Å²) in [7, 11) is 1.30. The molecule has 3 fully saturated rings. The summed E-state index contributed by atoms with van der Waals surface area (Å²) in [5.74, 6) is -0.445. The first-order chi connectivity index (χ1) is 26.3. The van der Waals surface area contributed by atoms with Crippen molar-refractivity contribution in [3.63, 3.8) is 0 Å². The third-order valence-corrected chi connectivity index (χ3v) is 10.7. The van der Waals surface area contributed by atoms with Gasteiger partial charge in [-0.1, -0.05) is 84.9 Å². The van der Waals surface area contributed by atoms with Crippen LogP contribution in [0.3, 0.4) is 0 Å². The minimum atomic E-state index is -0.857. The smallest absolute Gasteiger partial charge is 0.328 e. The molecule has 0 radical (unpaired) electrons. The lowest BCUT2D eigenvalue weighted by atomic mass is 9.85. The number of carbonyl (C=O) groups is 3. The van der Waals surface area contributed by atoms with Gasteiger partial charge in [0.15, 0.2) is 6.29 Å². The van der Waals surface area contributed by atoms with E-state index in [0.717, 1.165) is 41.0 Å². The molecule has 0 aliphatic carbocycles. The van der Waals surface area contributed by atoms with Crippen molar-refractivity contribution in [2.24, 2.45) is 0 Å². The van der Waals surface area contributed by atoms with Crippen molar-refractivity contribution < 1.29 is 33.7 Å². The average Bonchev–Trinajstić information content (AvgIpc) is 3.53. The number of nitrogens with one attached hydrogen (secondary N) is 3. The van der Waals surface area contributed by atoms with Crippen LogP contribution in [0.2, 0.25) is 0 Å². The Kier molecular flexibility index (Phi) is 11.5. The highest BCUT2D eigenvalue weighted by atomic mass is 16.7. The fraction of sp³-hybridized carbons (Fsp3) is 0.357. The standard InChI is InChI=1S/C42H47N5O7/c1-52-38(49)36(24-29-8-4-2-5-9-29)45-41(51)44-33-18-16-32(17-19-33)39-53-35(25-37(54-39)31-14-12-30(27-48)13-15-31)26-46-22-20-42(21-23-46)40(50)43-28-47(42)34-10-6-3-7-11-34/h2-19,35-37,39,48H,20-28H2,1H3,(H,43,50)(H2,44,45,51). The van der Waals surface area contributed by atoms with Crippen molar-refractivity contribution in [1.82, 2.24) is 15.5 Å². The van der Waals surface area contributed by atoms with E-state index in [1.165, 1.54) is 7.11 Å². The second kappa shape index (κ2) is 16.8. The summed E-state index contributed by atoms with van der Waals surface area (Å²) in [5, 5.41) is 18.2. The maximum Gasteiger partial charge on any atom is 0.328 e. The van der Waals surface area contributed by atoms with Gasteiger partial charge in [0.05, 0.1) is 32.6 Å². The highest BCUT2D eigenvalue weighted by molar-refractivity contribution is 5.94. The number of likely N-dealkylation sites (tertiary alicyclic amines) is 1. The number of aliphatic hydroxyl groups is 1. The number of nitrogens with zero attached hydrogens (tertiary/aromatic N) is 2. The summed E-state index contributed by atoms with van der Waals surface area (Å²) < 4.78 is 18.1. The number of ether oxygens (including phenoxy) is 3. The van der Waals surface area contributed by atoms with Crippen LogP contribution in [0.5, 0.6) is 0 Å². The van der Waals surface area contributed by atoms with Crippen molar-refractivity contribution in [3.8, 4) is 0 Å². The first kappa shape index (κ1) is 37.1. The SMILES string of the molecule is COC(=O)C(Cc1ccccc1)NC(=O)Nc1ccc(C2OC(CN3CCC4(CC3)C(=O)NCN4c3ccccc3)CC(c3ccc(CO)cc3)O2)cc1. The van der Waals surface area contributed by atoms with Crippen LogP contribution in [-0.4, -0.2) is 79.0 Å². The summed E-state index contributed by atoms with van der Waals surface area (Å²) in [6.07, 6.45) is 1.26. The van der Waals surface area contributed by atoms with E-state index < -0.39 is 29.9 Å². The Morgan fingerprint density at radius 3 is 2.22 bits per heavy atom. The number of esters is 1. The molecular weight excluding hydrogens is 686 g/mol. The van der Waals surface area contributed by atoms with Crippen LogP contribution in [0.15, 0.2) is 109 Å². The summed E-state index contributed by atoms with van der Waals surface area (Å²) >= 11 is 0. The molecule has 4 aromatic rings. The minimum absolute atomic E-state index is 0.0366. The van der Waals surface area contributed by atoms with E-state index >= 15 is 0 Å². The number of aliphatic hydroxyl groups excluding tert-OH is 1. The molecular formula is C42H47N5O7. The van der Waals surface area contributed by atoms with Gasteiger partial charge < -0.3 is 45.1 Å². The Morgan fingerprint density at radius 1 is 0.889 bits per heavy atom. The van der Waals surface area contributed by atoms with Crippen LogP contribution in [0.25, 0.3) is 0 Å². The molecule has 3 saturated heterocycles. The number of amides is 3. The molecule has 4 atom stereocenters. The molecule has 4 unspecified atom stereocenters. The number of anilines is 2. The molecule has 7 rings (SSSR count). The molecule has 0 aromatic heterocycles. The number of benzene rings is 4. The van der Waals surface area contributed by atoms with Crippen molar-refractivity contribution in [2.45, 2.75) is 62.4 Å². The molecule has 54 heavy (non-hydrogen) atoms. The van der Waals surface area contributed by atoms with E-state index in [9.17, 15) is 19.5 Å². The van der Waals surface area contributed by atoms with E-state index in [0.29, 0.717) is 44.6 Å². The fourth-order valence-electron chi connectivity index (χ4n) is 7.69. The largest absolute Gasteiger partial charge is 0.467 e. The van der Waals surface area contributed by atoms with Gasteiger partial charge in [-0.2, -0.15) is 0 Å². The molecule has 3 aliphatic heterocycles. The molecule has 12 heteroatoms. The van der Waals surface area contributed by atoms with E-state index in [4.69, 9.17) is 14.2 Å². The molecule has 4 aromatic carbocycles. The Labute approximate surface area is 315 Å². The molecule has 282 valence electrons. The lowest BCUT2D eigenvalue weighted by Gasteiger charge is -2.45. The fourth-order valence-corrected chi connectivity index (χ4v) is 7.69. The quantitative estimate of drug-likeness (QED) is 0.156. The Bertz CT molecular complexity index is 1870. The molecule has 3 amide bonds. The van der Waals surface area contributed by atoms with Crippen LogP contribution in [0, 0.1) is 0 Å². The molecule has 12 nitrogen and oxygen atoms in total. The molecule has 3 heterocycles. The Balaban J connectivity index is 1.01. The summed E-state index contributed by atoms with van der Waals surface area (Å²) in [6, 6.07) is 33.2. The second-order valence-electron chi connectivity index (χ2n) is 14.1. The van der Waals surface area contributed by atoms with Crippen molar-refractivity contribution in [3.05, 3.63) is 131 Å². The van der Waals surface area contributed by atoms with E-state index in [1.54, 1.807) is 12.1 Å². The van der Waals surface area contributed by atoms with E-state index in [-0.39, 0.29) is 24.7 Å². The summed E-state index contributed by atoms with van der Waals surface area (Å²) in [6.45, 7) is 2.65. The van der Waals surface area contributed by atoms with Gasteiger partial charge in [0.25, 0.3) is 0 Å². The zero-order valence-electron chi connectivity index (χ0n) is 30.4. The maximum absolute atomic E-state index is 13.2. The zero-order valence-corrected chi connectivity index (χ0v) is 30.4. The van der Waals surface area contributed by atoms with Crippen LogP contribution in [-0.2, 0) is 36.8 Å².